The minimum atomic E-state index is -0.602. The standard InChI is InChI=1S/C26H35N3O3/c1-26(2)15-23(11-13-32-26)28-22-9-5-8-20(14-22)25(31)27-16-24(30)18-29-12-10-19-6-3-4-7-21(19)17-29/h3-9,14,23-24,28,30H,10-13,15-18H2,1-2H3,(H,27,31). The number of β-amino-alcohol motifs (C(OH)–C–C–N with tert-alkyl or cyclic N) is 1. The zero-order chi connectivity index (χ0) is 22.6. The van der Waals surface area contributed by atoms with Gasteiger partial charge in [-0.3, -0.25) is 9.69 Å². The van der Waals surface area contributed by atoms with E-state index in [2.05, 4.69) is 53.6 Å². The smallest absolute Gasteiger partial charge is 0.251 e. The van der Waals surface area contributed by atoms with Gasteiger partial charge in [0.15, 0.2) is 0 Å². The van der Waals surface area contributed by atoms with Crippen LogP contribution >= 0.6 is 0 Å². The van der Waals surface area contributed by atoms with Crippen LogP contribution in [-0.2, 0) is 17.7 Å². The summed E-state index contributed by atoms with van der Waals surface area (Å²) in [6.07, 6.45) is 2.28. The molecular formula is C26H35N3O3. The van der Waals surface area contributed by atoms with Gasteiger partial charge in [0.25, 0.3) is 5.91 Å². The van der Waals surface area contributed by atoms with Crippen molar-refractivity contribution in [3.8, 4) is 0 Å². The van der Waals surface area contributed by atoms with Crippen molar-refractivity contribution in [3.05, 3.63) is 65.2 Å². The van der Waals surface area contributed by atoms with Crippen molar-refractivity contribution in [1.29, 1.82) is 0 Å². The number of rotatable bonds is 7. The van der Waals surface area contributed by atoms with Crippen LogP contribution in [0, 0.1) is 0 Å². The molecule has 32 heavy (non-hydrogen) atoms. The van der Waals surface area contributed by atoms with Gasteiger partial charge in [0.2, 0.25) is 0 Å². The number of carbonyl (C=O) groups is 1. The van der Waals surface area contributed by atoms with Crippen LogP contribution in [0.1, 0.15) is 48.2 Å². The zero-order valence-electron chi connectivity index (χ0n) is 19.1. The summed E-state index contributed by atoms with van der Waals surface area (Å²) in [7, 11) is 0. The molecule has 3 N–H and O–H groups in total. The Balaban J connectivity index is 1.25. The molecule has 6 heteroatoms. The van der Waals surface area contributed by atoms with Gasteiger partial charge in [0.1, 0.15) is 0 Å². The molecule has 1 amide bonds. The largest absolute Gasteiger partial charge is 0.390 e. The third kappa shape index (κ3) is 6.09. The molecular weight excluding hydrogens is 402 g/mol. The van der Waals surface area contributed by atoms with Crippen LogP contribution in [0.25, 0.3) is 0 Å². The van der Waals surface area contributed by atoms with Gasteiger partial charge in [0.05, 0.1) is 11.7 Å². The highest BCUT2D eigenvalue weighted by molar-refractivity contribution is 5.95. The summed E-state index contributed by atoms with van der Waals surface area (Å²) >= 11 is 0. The Morgan fingerprint density at radius 3 is 2.84 bits per heavy atom. The molecule has 4 rings (SSSR count). The highest BCUT2D eigenvalue weighted by atomic mass is 16.5. The van der Waals surface area contributed by atoms with Gasteiger partial charge in [0, 0.05) is 50.1 Å². The van der Waals surface area contributed by atoms with Crippen molar-refractivity contribution < 1.29 is 14.6 Å². The van der Waals surface area contributed by atoms with Crippen LogP contribution in [0.3, 0.4) is 0 Å². The highest BCUT2D eigenvalue weighted by Gasteiger charge is 2.28. The van der Waals surface area contributed by atoms with Crippen LogP contribution < -0.4 is 10.6 Å². The molecule has 0 aliphatic carbocycles. The molecule has 0 spiro atoms. The molecule has 2 aromatic rings. The number of amides is 1. The Morgan fingerprint density at radius 1 is 1.22 bits per heavy atom. The fourth-order valence-electron chi connectivity index (χ4n) is 4.73. The molecule has 2 aliphatic rings. The topological polar surface area (TPSA) is 73.8 Å². The third-order valence-corrected chi connectivity index (χ3v) is 6.37. The van der Waals surface area contributed by atoms with Crippen molar-refractivity contribution >= 4 is 11.6 Å². The number of benzene rings is 2. The number of hydrogen-bond donors (Lipinski definition) is 3. The Morgan fingerprint density at radius 2 is 2.03 bits per heavy atom. The Bertz CT molecular complexity index is 930. The van der Waals surface area contributed by atoms with E-state index in [-0.39, 0.29) is 18.1 Å². The van der Waals surface area contributed by atoms with E-state index in [0.717, 1.165) is 44.6 Å². The number of anilines is 1. The zero-order valence-corrected chi connectivity index (χ0v) is 19.1. The summed E-state index contributed by atoms with van der Waals surface area (Å²) in [5.41, 5.74) is 4.13. The molecule has 2 aliphatic heterocycles. The van der Waals surface area contributed by atoms with E-state index in [4.69, 9.17) is 4.74 Å². The number of nitrogens with one attached hydrogen (secondary N) is 2. The van der Waals surface area contributed by atoms with Crippen molar-refractivity contribution in [3.63, 3.8) is 0 Å². The van der Waals surface area contributed by atoms with Gasteiger partial charge < -0.3 is 20.5 Å². The van der Waals surface area contributed by atoms with E-state index in [1.54, 1.807) is 0 Å². The monoisotopic (exact) mass is 437 g/mol. The molecule has 172 valence electrons. The molecule has 2 unspecified atom stereocenters. The fourth-order valence-corrected chi connectivity index (χ4v) is 4.73. The number of aliphatic hydroxyl groups excluding tert-OH is 1. The van der Waals surface area contributed by atoms with Gasteiger partial charge in [-0.15, -0.1) is 0 Å². The summed E-state index contributed by atoms with van der Waals surface area (Å²) in [5.74, 6) is -0.163. The van der Waals surface area contributed by atoms with Crippen LogP contribution in [0.2, 0.25) is 0 Å². The molecule has 2 aromatic carbocycles. The molecule has 0 aromatic heterocycles. The summed E-state index contributed by atoms with van der Waals surface area (Å²) in [6.45, 7) is 7.53. The normalized spacial score (nSPS) is 21.4. The first-order valence-corrected chi connectivity index (χ1v) is 11.6. The number of carbonyl (C=O) groups excluding carboxylic acids is 1. The summed E-state index contributed by atoms with van der Waals surface area (Å²) in [6, 6.07) is 16.4. The Hall–Kier alpha value is -2.41. The van der Waals surface area contributed by atoms with E-state index >= 15 is 0 Å². The van der Waals surface area contributed by atoms with Gasteiger partial charge in [-0.2, -0.15) is 0 Å². The highest BCUT2D eigenvalue weighted by Crippen LogP contribution is 2.26. The minimum Gasteiger partial charge on any atom is -0.390 e. The third-order valence-electron chi connectivity index (χ3n) is 6.37. The Kier molecular flexibility index (Phi) is 7.13. The second-order valence-corrected chi connectivity index (χ2v) is 9.64. The van der Waals surface area contributed by atoms with Gasteiger partial charge >= 0.3 is 0 Å². The molecule has 2 heterocycles. The first kappa shape index (κ1) is 22.8. The molecule has 1 saturated heterocycles. The maximum absolute atomic E-state index is 12.7. The Labute approximate surface area is 191 Å². The summed E-state index contributed by atoms with van der Waals surface area (Å²) in [4.78, 5) is 14.9. The molecule has 0 bridgehead atoms. The maximum atomic E-state index is 12.7. The predicted molar refractivity (Wildman–Crippen MR) is 127 cm³/mol. The van der Waals surface area contributed by atoms with Crippen molar-refractivity contribution in [1.82, 2.24) is 10.2 Å². The van der Waals surface area contributed by atoms with Crippen molar-refractivity contribution in [2.75, 3.05) is 31.6 Å². The lowest BCUT2D eigenvalue weighted by molar-refractivity contribution is -0.0553. The van der Waals surface area contributed by atoms with Crippen LogP contribution in [0.15, 0.2) is 48.5 Å². The lowest BCUT2D eigenvalue weighted by Gasteiger charge is -2.36. The van der Waals surface area contributed by atoms with Gasteiger partial charge in [-0.25, -0.2) is 0 Å². The quantitative estimate of drug-likeness (QED) is 0.620. The molecule has 0 saturated carbocycles. The number of ether oxygens (including phenoxy) is 1. The minimum absolute atomic E-state index is 0.128. The molecule has 1 fully saturated rings. The number of fused-ring (bicyclic) bond motifs is 1. The lowest BCUT2D eigenvalue weighted by atomic mass is 9.93. The second kappa shape index (κ2) is 10.0. The van der Waals surface area contributed by atoms with Crippen LogP contribution in [-0.4, -0.2) is 59.9 Å². The van der Waals surface area contributed by atoms with E-state index in [0.29, 0.717) is 18.2 Å². The fraction of sp³-hybridized carbons (Fsp3) is 0.500. The first-order chi connectivity index (χ1) is 15.4. The van der Waals surface area contributed by atoms with Crippen molar-refractivity contribution in [2.45, 2.75) is 57.4 Å². The average Bonchev–Trinajstić information content (AvgIpc) is 2.77. The van der Waals surface area contributed by atoms with Crippen molar-refractivity contribution in [2.24, 2.45) is 0 Å². The number of hydrogen-bond acceptors (Lipinski definition) is 5. The number of nitrogens with zero attached hydrogens (tertiary/aromatic N) is 1. The SMILES string of the molecule is CC1(C)CC(Nc2cccc(C(=O)NCC(O)CN3CCc4ccccc4C3)c2)CCO1. The maximum Gasteiger partial charge on any atom is 0.251 e. The predicted octanol–water partition coefficient (Wildman–Crippen LogP) is 3.21. The molecule has 2 atom stereocenters. The van der Waals surface area contributed by atoms with E-state index in [1.165, 1.54) is 11.1 Å². The lowest BCUT2D eigenvalue weighted by Crippen LogP contribution is -2.42. The number of aliphatic hydroxyl groups is 1. The van der Waals surface area contributed by atoms with E-state index in [1.807, 2.05) is 24.3 Å². The van der Waals surface area contributed by atoms with Gasteiger partial charge in [-0.05, 0) is 62.4 Å². The van der Waals surface area contributed by atoms with Crippen LogP contribution in [0.5, 0.6) is 0 Å². The van der Waals surface area contributed by atoms with Crippen LogP contribution in [0.4, 0.5) is 5.69 Å². The van der Waals surface area contributed by atoms with Gasteiger partial charge in [-0.1, -0.05) is 30.3 Å². The molecule has 0 radical (unpaired) electrons. The van der Waals surface area contributed by atoms with E-state index in [9.17, 15) is 9.90 Å². The first-order valence-electron chi connectivity index (χ1n) is 11.6. The molecule has 6 nitrogen and oxygen atoms in total. The summed E-state index contributed by atoms with van der Waals surface area (Å²) < 4.78 is 5.79. The average molecular weight is 438 g/mol. The van der Waals surface area contributed by atoms with E-state index < -0.39 is 6.10 Å². The second-order valence-electron chi connectivity index (χ2n) is 9.64. The summed E-state index contributed by atoms with van der Waals surface area (Å²) in [5, 5.41) is 16.9.